The summed E-state index contributed by atoms with van der Waals surface area (Å²) in [6, 6.07) is 0.784. The molecular weight excluding hydrogens is 238 g/mol. The van der Waals surface area contributed by atoms with Gasteiger partial charge < -0.3 is 5.32 Å². The number of rotatable bonds is 5. The standard InChI is InChI=1S/C14H31NSi2/c1-7-17(5,6)14(16(2,3)4)15-13-11-9-8-10-12-13/h7,13-15H,1,8-12H2,2-6H3. The van der Waals surface area contributed by atoms with Crippen molar-refractivity contribution in [3.63, 3.8) is 0 Å². The summed E-state index contributed by atoms with van der Waals surface area (Å²) in [5.74, 6) is 0. The molecule has 17 heavy (non-hydrogen) atoms. The maximum absolute atomic E-state index is 4.10. The van der Waals surface area contributed by atoms with E-state index in [0.717, 1.165) is 11.3 Å². The summed E-state index contributed by atoms with van der Waals surface area (Å²) in [5.41, 5.74) is 2.28. The zero-order chi connectivity index (χ0) is 13.1. The van der Waals surface area contributed by atoms with E-state index in [1.165, 1.54) is 32.1 Å². The van der Waals surface area contributed by atoms with E-state index in [-0.39, 0.29) is 0 Å². The van der Waals surface area contributed by atoms with E-state index < -0.39 is 16.1 Å². The highest BCUT2D eigenvalue weighted by Crippen LogP contribution is 2.24. The average Bonchev–Trinajstić information content (AvgIpc) is 2.25. The van der Waals surface area contributed by atoms with E-state index in [1.807, 2.05) is 0 Å². The van der Waals surface area contributed by atoms with Gasteiger partial charge in [0, 0.05) is 6.04 Å². The van der Waals surface area contributed by atoms with Crippen molar-refractivity contribution in [1.29, 1.82) is 0 Å². The monoisotopic (exact) mass is 269 g/mol. The summed E-state index contributed by atoms with van der Waals surface area (Å²) in [7, 11) is -2.46. The SMILES string of the molecule is C=C[Si](C)(C)C(NC1CCCCC1)[Si](C)(C)C. The molecule has 1 unspecified atom stereocenters. The highest BCUT2D eigenvalue weighted by molar-refractivity contribution is 6.99. The zero-order valence-electron chi connectivity index (χ0n) is 12.5. The van der Waals surface area contributed by atoms with E-state index in [1.54, 1.807) is 0 Å². The van der Waals surface area contributed by atoms with Crippen molar-refractivity contribution in [2.75, 3.05) is 0 Å². The third kappa shape index (κ3) is 4.38. The second-order valence-electron chi connectivity index (χ2n) is 7.33. The Kier molecular flexibility index (Phi) is 5.23. The normalized spacial score (nSPS) is 21.2. The molecular formula is C14H31NSi2. The molecule has 1 atom stereocenters. The fourth-order valence-electron chi connectivity index (χ4n) is 3.20. The Morgan fingerprint density at radius 3 is 2.00 bits per heavy atom. The number of hydrogen-bond donors (Lipinski definition) is 1. The van der Waals surface area contributed by atoms with Crippen LogP contribution in [0.15, 0.2) is 12.3 Å². The van der Waals surface area contributed by atoms with E-state index in [4.69, 9.17) is 0 Å². The predicted octanol–water partition coefficient (Wildman–Crippen LogP) is 4.13. The second kappa shape index (κ2) is 5.85. The van der Waals surface area contributed by atoms with Crippen molar-refractivity contribution >= 4 is 16.1 Å². The van der Waals surface area contributed by atoms with Crippen LogP contribution in [-0.4, -0.2) is 27.5 Å². The summed E-state index contributed by atoms with van der Waals surface area (Å²) < 4.78 is 0. The third-order valence-corrected chi connectivity index (χ3v) is 13.6. The molecule has 0 aromatic carbocycles. The van der Waals surface area contributed by atoms with Gasteiger partial charge in [-0.2, -0.15) is 0 Å². The van der Waals surface area contributed by atoms with Crippen molar-refractivity contribution in [3.05, 3.63) is 12.3 Å². The summed E-state index contributed by atoms with van der Waals surface area (Å²) >= 11 is 0. The molecule has 0 aromatic heterocycles. The smallest absolute Gasteiger partial charge is 0.0854 e. The average molecular weight is 270 g/mol. The predicted molar refractivity (Wildman–Crippen MR) is 84.8 cm³/mol. The molecule has 1 nitrogen and oxygen atoms in total. The Balaban J connectivity index is 2.73. The first kappa shape index (κ1) is 15.2. The van der Waals surface area contributed by atoms with Gasteiger partial charge >= 0.3 is 0 Å². The van der Waals surface area contributed by atoms with E-state index in [2.05, 4.69) is 50.3 Å². The zero-order valence-corrected chi connectivity index (χ0v) is 14.5. The minimum absolute atomic E-state index is 0.774. The molecule has 3 heteroatoms. The van der Waals surface area contributed by atoms with Crippen molar-refractivity contribution in [2.45, 2.75) is 76.2 Å². The second-order valence-corrected chi connectivity index (χ2v) is 17.8. The Morgan fingerprint density at radius 2 is 1.59 bits per heavy atom. The van der Waals surface area contributed by atoms with Crippen LogP contribution in [-0.2, 0) is 0 Å². The lowest BCUT2D eigenvalue weighted by Gasteiger charge is -2.42. The Labute approximate surface area is 110 Å². The fraction of sp³-hybridized carbons (Fsp3) is 0.857. The van der Waals surface area contributed by atoms with E-state index in [9.17, 15) is 0 Å². The van der Waals surface area contributed by atoms with Gasteiger partial charge in [0.15, 0.2) is 0 Å². The molecule has 0 amide bonds. The maximum Gasteiger partial charge on any atom is 0.0854 e. The van der Waals surface area contributed by atoms with E-state index in [0.29, 0.717) is 0 Å². The van der Waals surface area contributed by atoms with Crippen LogP contribution >= 0.6 is 0 Å². The van der Waals surface area contributed by atoms with Gasteiger partial charge in [-0.15, -0.1) is 12.3 Å². The topological polar surface area (TPSA) is 12.0 Å². The first-order valence-corrected chi connectivity index (χ1v) is 13.9. The molecule has 1 N–H and O–H groups in total. The lowest BCUT2D eigenvalue weighted by atomic mass is 9.96. The minimum atomic E-state index is -1.31. The summed E-state index contributed by atoms with van der Waals surface area (Å²) in [4.78, 5) is 0. The van der Waals surface area contributed by atoms with Gasteiger partial charge in [-0.3, -0.25) is 0 Å². The molecule has 0 bridgehead atoms. The number of hydrogen-bond acceptors (Lipinski definition) is 1. The molecule has 0 aliphatic heterocycles. The summed E-state index contributed by atoms with van der Waals surface area (Å²) in [5, 5.41) is 4.81. The van der Waals surface area contributed by atoms with Crippen LogP contribution in [0.4, 0.5) is 0 Å². The van der Waals surface area contributed by atoms with Gasteiger partial charge in [-0.1, -0.05) is 52.0 Å². The number of nitrogens with one attached hydrogen (secondary N) is 1. The lowest BCUT2D eigenvalue weighted by molar-refractivity contribution is 0.378. The van der Waals surface area contributed by atoms with E-state index >= 15 is 0 Å². The Morgan fingerprint density at radius 1 is 1.06 bits per heavy atom. The first-order valence-electron chi connectivity index (χ1n) is 7.17. The summed E-state index contributed by atoms with van der Waals surface area (Å²) in [6.07, 6.45) is 7.07. The summed E-state index contributed by atoms with van der Waals surface area (Å²) in [6.45, 7) is 16.6. The molecule has 1 fully saturated rings. The molecule has 1 aliphatic rings. The van der Waals surface area contributed by atoms with Crippen LogP contribution in [0.1, 0.15) is 32.1 Å². The minimum Gasteiger partial charge on any atom is -0.316 e. The molecule has 1 aliphatic carbocycles. The highest BCUT2D eigenvalue weighted by atomic mass is 28.4. The van der Waals surface area contributed by atoms with Crippen LogP contribution in [0.3, 0.4) is 0 Å². The van der Waals surface area contributed by atoms with Crippen molar-refractivity contribution in [3.8, 4) is 0 Å². The Bertz CT molecular complexity index is 249. The van der Waals surface area contributed by atoms with Crippen LogP contribution < -0.4 is 5.32 Å². The van der Waals surface area contributed by atoms with Gasteiger partial charge in [0.05, 0.1) is 16.1 Å². The molecule has 0 heterocycles. The maximum atomic E-state index is 4.10. The van der Waals surface area contributed by atoms with Crippen LogP contribution in [0.2, 0.25) is 32.7 Å². The van der Waals surface area contributed by atoms with Crippen LogP contribution in [0.25, 0.3) is 0 Å². The first-order chi connectivity index (χ1) is 7.77. The largest absolute Gasteiger partial charge is 0.316 e. The Hall–Kier alpha value is 0.134. The highest BCUT2D eigenvalue weighted by Gasteiger charge is 2.39. The lowest BCUT2D eigenvalue weighted by Crippen LogP contribution is -2.64. The molecule has 0 radical (unpaired) electrons. The van der Waals surface area contributed by atoms with Crippen molar-refractivity contribution < 1.29 is 0 Å². The molecule has 0 aromatic rings. The van der Waals surface area contributed by atoms with Gasteiger partial charge in [0.25, 0.3) is 0 Å². The quantitative estimate of drug-likeness (QED) is 0.740. The fourth-order valence-corrected chi connectivity index (χ4v) is 14.1. The van der Waals surface area contributed by atoms with Gasteiger partial charge in [-0.25, -0.2) is 0 Å². The third-order valence-electron chi connectivity index (χ3n) is 4.14. The molecule has 100 valence electrons. The van der Waals surface area contributed by atoms with Crippen LogP contribution in [0, 0.1) is 0 Å². The molecule has 0 saturated heterocycles. The van der Waals surface area contributed by atoms with Crippen LogP contribution in [0.5, 0.6) is 0 Å². The van der Waals surface area contributed by atoms with Gasteiger partial charge in [0.1, 0.15) is 0 Å². The molecule has 0 spiro atoms. The van der Waals surface area contributed by atoms with Crippen molar-refractivity contribution in [1.82, 2.24) is 5.32 Å². The van der Waals surface area contributed by atoms with Gasteiger partial charge in [-0.05, 0) is 18.1 Å². The molecule has 1 rings (SSSR count). The van der Waals surface area contributed by atoms with Gasteiger partial charge in [0.2, 0.25) is 0 Å². The van der Waals surface area contributed by atoms with Crippen molar-refractivity contribution in [2.24, 2.45) is 0 Å². The molecule has 1 saturated carbocycles.